The Hall–Kier alpha value is -3.16. The Balaban J connectivity index is 0. The van der Waals surface area contributed by atoms with Crippen molar-refractivity contribution in [2.75, 3.05) is 0 Å². The van der Waals surface area contributed by atoms with Crippen LogP contribution in [0.4, 0.5) is 0 Å². The van der Waals surface area contributed by atoms with Crippen molar-refractivity contribution in [2.45, 2.75) is 54.9 Å². The van der Waals surface area contributed by atoms with Gasteiger partial charge < -0.3 is 20.4 Å². The van der Waals surface area contributed by atoms with Crippen LogP contribution in [-0.2, 0) is 19.2 Å². The highest BCUT2D eigenvalue weighted by Crippen LogP contribution is 2.49. The molecule has 0 aliphatic heterocycles. The molecule has 0 saturated carbocycles. The van der Waals surface area contributed by atoms with Crippen LogP contribution in [0.5, 0.6) is 0 Å². The van der Waals surface area contributed by atoms with Gasteiger partial charge in [0.2, 0.25) is 0 Å². The molecular formula is C24H36O8. The number of aliphatic carboxylic acids is 4. The van der Waals surface area contributed by atoms with Crippen LogP contribution >= 0.6 is 0 Å². The quantitative estimate of drug-likeness (QED) is 0.370. The number of carboxylic acid groups (broad SMARTS) is 4. The Morgan fingerprint density at radius 1 is 0.656 bits per heavy atom. The maximum absolute atomic E-state index is 11.0. The fraction of sp³-hybridized carbons (Fsp3) is 0.500. The van der Waals surface area contributed by atoms with Crippen molar-refractivity contribution >= 4 is 23.9 Å². The van der Waals surface area contributed by atoms with E-state index >= 15 is 0 Å². The topological polar surface area (TPSA) is 149 Å². The van der Waals surface area contributed by atoms with Gasteiger partial charge in [0.1, 0.15) is 0 Å². The van der Waals surface area contributed by atoms with Crippen molar-refractivity contribution in [1.82, 2.24) is 0 Å². The lowest BCUT2D eigenvalue weighted by Gasteiger charge is -2.44. The fourth-order valence-electron chi connectivity index (χ4n) is 2.45. The standard InChI is InChI=1S/C18H22O8.C6H14/c1-17(2,3)18(10-8-15(23)24,11-9-16(25)26)12(4-6-13(19)20)5-7-14(21)22;1-5-6(2,3)4/h4-12H,1-3H3,(H,19,20)(H,21,22)(H,23,24)(H,25,26);5H2,1-4H3/b6-4?,7-5?,10-8+,11-9?;. The molecule has 0 heterocycles. The van der Waals surface area contributed by atoms with Crippen molar-refractivity contribution in [3.8, 4) is 0 Å². The normalized spacial score (nSPS) is 15.5. The van der Waals surface area contributed by atoms with Crippen LogP contribution in [0.15, 0.2) is 48.6 Å². The number of allylic oxidation sites excluding steroid dienone is 4. The van der Waals surface area contributed by atoms with Crippen molar-refractivity contribution < 1.29 is 39.6 Å². The first-order valence-electron chi connectivity index (χ1n) is 10.0. The molecule has 4 N–H and O–H groups in total. The maximum Gasteiger partial charge on any atom is 0.328 e. The van der Waals surface area contributed by atoms with Crippen LogP contribution in [0.3, 0.4) is 0 Å². The Labute approximate surface area is 189 Å². The van der Waals surface area contributed by atoms with Crippen LogP contribution in [-0.4, -0.2) is 44.3 Å². The predicted octanol–water partition coefficient (Wildman–Crippen LogP) is 4.64. The van der Waals surface area contributed by atoms with E-state index in [0.29, 0.717) is 5.41 Å². The lowest BCUT2D eigenvalue weighted by molar-refractivity contribution is -0.132. The third-order valence-corrected chi connectivity index (χ3v) is 4.81. The first-order chi connectivity index (χ1) is 14.4. The molecule has 0 rings (SSSR count). The zero-order valence-corrected chi connectivity index (χ0v) is 19.8. The Kier molecular flexibility index (Phi) is 12.9. The van der Waals surface area contributed by atoms with E-state index in [-0.39, 0.29) is 0 Å². The van der Waals surface area contributed by atoms with Crippen LogP contribution in [0.25, 0.3) is 0 Å². The summed E-state index contributed by atoms with van der Waals surface area (Å²) in [4.78, 5) is 43.8. The molecule has 0 aromatic rings. The second-order valence-electron chi connectivity index (χ2n) is 9.36. The van der Waals surface area contributed by atoms with E-state index < -0.39 is 40.6 Å². The first kappa shape index (κ1) is 31.0. The van der Waals surface area contributed by atoms with E-state index in [1.807, 2.05) is 0 Å². The number of carboxylic acids is 4. The number of hydrogen-bond donors (Lipinski definition) is 4. The first-order valence-corrected chi connectivity index (χ1v) is 10.0. The summed E-state index contributed by atoms with van der Waals surface area (Å²) in [6, 6.07) is 0. The molecule has 0 aromatic heterocycles. The summed E-state index contributed by atoms with van der Waals surface area (Å²) >= 11 is 0. The predicted molar refractivity (Wildman–Crippen MR) is 122 cm³/mol. The minimum absolute atomic E-state index is 0.542. The maximum atomic E-state index is 11.0. The van der Waals surface area contributed by atoms with Gasteiger partial charge >= 0.3 is 23.9 Å². The molecule has 0 bridgehead atoms. The number of rotatable bonds is 9. The van der Waals surface area contributed by atoms with Crippen molar-refractivity contribution in [3.05, 3.63) is 48.6 Å². The molecule has 1 atom stereocenters. The third kappa shape index (κ3) is 13.2. The van der Waals surface area contributed by atoms with E-state index in [1.165, 1.54) is 30.7 Å². The second-order valence-corrected chi connectivity index (χ2v) is 9.36. The molecule has 180 valence electrons. The summed E-state index contributed by atoms with van der Waals surface area (Å²) in [6.45, 7) is 14.0. The van der Waals surface area contributed by atoms with E-state index in [1.54, 1.807) is 20.8 Å². The molecule has 0 spiro atoms. The molecule has 0 aliphatic rings. The molecule has 0 saturated heterocycles. The molecule has 1 unspecified atom stereocenters. The molecule has 0 amide bonds. The van der Waals surface area contributed by atoms with Crippen molar-refractivity contribution in [3.63, 3.8) is 0 Å². The van der Waals surface area contributed by atoms with Crippen molar-refractivity contribution in [2.24, 2.45) is 22.2 Å². The lowest BCUT2D eigenvalue weighted by Crippen LogP contribution is -2.38. The number of hydrogen-bond acceptors (Lipinski definition) is 4. The molecule has 32 heavy (non-hydrogen) atoms. The monoisotopic (exact) mass is 452 g/mol. The molecule has 0 aromatic carbocycles. The summed E-state index contributed by atoms with van der Waals surface area (Å²) in [5, 5.41) is 35.8. The summed E-state index contributed by atoms with van der Waals surface area (Å²) in [5.74, 6) is -6.09. The van der Waals surface area contributed by atoms with Crippen LogP contribution in [0, 0.1) is 22.2 Å². The van der Waals surface area contributed by atoms with Gasteiger partial charge in [-0.15, -0.1) is 0 Å². The minimum Gasteiger partial charge on any atom is -0.478 e. The van der Waals surface area contributed by atoms with Gasteiger partial charge in [-0.05, 0) is 10.8 Å². The molecule has 0 radical (unpaired) electrons. The van der Waals surface area contributed by atoms with E-state index in [2.05, 4.69) is 27.7 Å². The second kappa shape index (κ2) is 13.3. The minimum atomic E-state index is -1.33. The van der Waals surface area contributed by atoms with E-state index in [4.69, 9.17) is 20.4 Å². The van der Waals surface area contributed by atoms with Crippen molar-refractivity contribution in [1.29, 1.82) is 0 Å². The Morgan fingerprint density at radius 3 is 1.12 bits per heavy atom. The molecule has 8 nitrogen and oxygen atoms in total. The summed E-state index contributed by atoms with van der Waals surface area (Å²) in [5.41, 5.74) is -1.59. The van der Waals surface area contributed by atoms with Crippen LogP contribution < -0.4 is 0 Å². The highest BCUT2D eigenvalue weighted by atomic mass is 16.4. The largest absolute Gasteiger partial charge is 0.478 e. The zero-order valence-electron chi connectivity index (χ0n) is 19.8. The Morgan fingerprint density at radius 2 is 0.938 bits per heavy atom. The molecular weight excluding hydrogens is 416 g/mol. The van der Waals surface area contributed by atoms with Crippen LogP contribution in [0.2, 0.25) is 0 Å². The van der Waals surface area contributed by atoms with Gasteiger partial charge in [0, 0.05) is 35.6 Å². The summed E-state index contributed by atoms with van der Waals surface area (Å²) in [7, 11) is 0. The number of carbonyl (C=O) groups is 4. The Bertz CT molecular complexity index is 723. The zero-order chi connectivity index (χ0) is 25.8. The highest BCUT2D eigenvalue weighted by Gasteiger charge is 2.42. The van der Waals surface area contributed by atoms with Gasteiger partial charge in [-0.25, -0.2) is 19.2 Å². The van der Waals surface area contributed by atoms with Gasteiger partial charge in [-0.3, -0.25) is 0 Å². The fourth-order valence-corrected chi connectivity index (χ4v) is 2.45. The average Bonchev–Trinajstić information content (AvgIpc) is 2.60. The van der Waals surface area contributed by atoms with Crippen LogP contribution in [0.1, 0.15) is 54.9 Å². The molecule has 0 aliphatic carbocycles. The average molecular weight is 453 g/mol. The summed E-state index contributed by atoms with van der Waals surface area (Å²) < 4.78 is 0. The third-order valence-electron chi connectivity index (χ3n) is 4.81. The summed E-state index contributed by atoms with van der Waals surface area (Å²) in [6.07, 6.45) is 9.32. The van der Waals surface area contributed by atoms with Gasteiger partial charge in [0.05, 0.1) is 0 Å². The smallest absolute Gasteiger partial charge is 0.328 e. The lowest BCUT2D eigenvalue weighted by atomic mass is 9.59. The van der Waals surface area contributed by atoms with E-state index in [0.717, 1.165) is 24.3 Å². The van der Waals surface area contributed by atoms with Gasteiger partial charge in [-0.2, -0.15) is 0 Å². The van der Waals surface area contributed by atoms with Gasteiger partial charge in [0.15, 0.2) is 0 Å². The highest BCUT2D eigenvalue weighted by molar-refractivity contribution is 5.82. The van der Waals surface area contributed by atoms with Gasteiger partial charge in [0.25, 0.3) is 0 Å². The SMILES string of the molecule is CC(C)(C)C(C=CC(=O)O)(/C=C/C(=O)O)C(C=CC(=O)O)C=CC(=O)O.CCC(C)(C)C. The van der Waals surface area contributed by atoms with Gasteiger partial charge in [-0.1, -0.05) is 79.2 Å². The molecule has 8 heteroatoms. The van der Waals surface area contributed by atoms with E-state index in [9.17, 15) is 19.2 Å². The molecule has 0 fully saturated rings.